The third-order valence-corrected chi connectivity index (χ3v) is 5.29. The molecule has 0 bridgehead atoms. The van der Waals surface area contributed by atoms with Gasteiger partial charge in [-0.05, 0) is 34.9 Å². The Morgan fingerprint density at radius 2 is 1.92 bits per heavy atom. The summed E-state index contributed by atoms with van der Waals surface area (Å²) in [5, 5.41) is 23.5. The number of rotatable bonds is 3. The fourth-order valence-corrected chi connectivity index (χ4v) is 4.09. The van der Waals surface area contributed by atoms with E-state index in [1.807, 2.05) is 30.3 Å². The fraction of sp³-hybridized carbons (Fsp3) is 0.0526. The van der Waals surface area contributed by atoms with Gasteiger partial charge >= 0.3 is 0 Å². The van der Waals surface area contributed by atoms with Crippen LogP contribution in [0.2, 0.25) is 5.02 Å². The number of fused-ring (bicyclic) bond motifs is 3. The third-order valence-electron chi connectivity index (χ3n) is 4.31. The molecule has 0 radical (unpaired) electrons. The molecule has 0 saturated carbocycles. The average Bonchev–Trinajstić information content (AvgIpc) is 3.33. The second-order valence-electron chi connectivity index (χ2n) is 5.96. The van der Waals surface area contributed by atoms with Crippen LogP contribution >= 0.6 is 22.9 Å². The van der Waals surface area contributed by atoms with Crippen molar-refractivity contribution in [3.05, 3.63) is 63.8 Å². The van der Waals surface area contributed by atoms with Crippen LogP contribution in [0, 0.1) is 0 Å². The molecule has 3 heterocycles. The van der Waals surface area contributed by atoms with Gasteiger partial charge in [-0.25, -0.2) is 4.98 Å². The molecule has 2 aromatic carbocycles. The molecule has 0 amide bonds. The summed E-state index contributed by atoms with van der Waals surface area (Å²) in [5.41, 5.74) is 3.68. The number of halogens is 1. The van der Waals surface area contributed by atoms with E-state index < -0.39 is 0 Å². The maximum atomic E-state index is 6.11. The van der Waals surface area contributed by atoms with Crippen LogP contribution in [0.3, 0.4) is 0 Å². The summed E-state index contributed by atoms with van der Waals surface area (Å²) in [5.74, 6) is 0.816. The molecule has 1 aliphatic rings. The van der Waals surface area contributed by atoms with Gasteiger partial charge in [-0.1, -0.05) is 29.8 Å². The molecular weight excluding hydrogens is 366 g/mol. The van der Waals surface area contributed by atoms with Gasteiger partial charge in [0.25, 0.3) is 0 Å². The Labute approximate surface area is 158 Å². The van der Waals surface area contributed by atoms with E-state index in [2.05, 4.69) is 43.6 Å². The van der Waals surface area contributed by atoms with E-state index in [0.29, 0.717) is 11.6 Å². The zero-order valence-electron chi connectivity index (χ0n) is 13.5. The first-order valence-electron chi connectivity index (χ1n) is 8.04. The number of nitrogens with one attached hydrogen (secondary N) is 1. The van der Waals surface area contributed by atoms with E-state index in [-0.39, 0.29) is 0 Å². The van der Waals surface area contributed by atoms with E-state index in [1.54, 1.807) is 11.3 Å². The van der Waals surface area contributed by atoms with E-state index in [0.717, 1.165) is 39.1 Å². The van der Waals surface area contributed by atoms with Crippen LogP contribution in [-0.4, -0.2) is 17.2 Å². The summed E-state index contributed by atoms with van der Waals surface area (Å²) in [6.07, 6.45) is 0. The van der Waals surface area contributed by atoms with Crippen LogP contribution in [0.5, 0.6) is 0 Å². The Kier molecular flexibility index (Phi) is 3.65. The first-order chi connectivity index (χ1) is 12.8. The minimum Gasteiger partial charge on any atom is -0.340 e. The van der Waals surface area contributed by atoms with Gasteiger partial charge in [0.2, 0.25) is 0 Å². The molecule has 1 aliphatic heterocycles. The molecule has 0 fully saturated rings. The van der Waals surface area contributed by atoms with Gasteiger partial charge in [-0.15, -0.1) is 5.10 Å². The number of benzene rings is 2. The maximum absolute atomic E-state index is 6.11. The molecule has 0 atom stereocenters. The molecule has 126 valence electrons. The molecule has 0 saturated heterocycles. The summed E-state index contributed by atoms with van der Waals surface area (Å²) in [7, 11) is 0. The van der Waals surface area contributed by atoms with E-state index in [9.17, 15) is 0 Å². The van der Waals surface area contributed by atoms with Gasteiger partial charge in [-0.3, -0.25) is 0 Å². The standard InChI is InChI=1S/C19H12ClN5S/c20-12-2-1-3-13(7-12)22-19-16-10-26-9-15(16)14-5-4-11(6-17(14)23-19)18-8-21-25-24-18/h1-7,9-10H,8H2,(H,22,23). The quantitative estimate of drug-likeness (QED) is 0.474. The van der Waals surface area contributed by atoms with Crippen LogP contribution in [0.4, 0.5) is 11.5 Å². The second-order valence-corrected chi connectivity index (χ2v) is 7.14. The van der Waals surface area contributed by atoms with Crippen LogP contribution in [0.1, 0.15) is 5.56 Å². The number of pyridine rings is 1. The second kappa shape index (κ2) is 6.16. The van der Waals surface area contributed by atoms with Crippen molar-refractivity contribution in [2.24, 2.45) is 15.4 Å². The van der Waals surface area contributed by atoms with Crippen molar-refractivity contribution in [3.63, 3.8) is 0 Å². The lowest BCUT2D eigenvalue weighted by Crippen LogP contribution is -2.02. The van der Waals surface area contributed by atoms with Gasteiger partial charge in [0.15, 0.2) is 0 Å². The third kappa shape index (κ3) is 2.64. The number of hydrogen-bond acceptors (Lipinski definition) is 6. The molecule has 26 heavy (non-hydrogen) atoms. The minimum atomic E-state index is 0.514. The highest BCUT2D eigenvalue weighted by Gasteiger charge is 2.13. The Hall–Kier alpha value is -2.83. The Balaban J connectivity index is 1.67. The lowest BCUT2D eigenvalue weighted by molar-refractivity contribution is 1.06. The molecule has 5 nitrogen and oxygen atoms in total. The Morgan fingerprint density at radius 1 is 1.00 bits per heavy atom. The van der Waals surface area contributed by atoms with Crippen LogP contribution < -0.4 is 5.32 Å². The molecular formula is C19H12ClN5S. The zero-order chi connectivity index (χ0) is 17.5. The summed E-state index contributed by atoms with van der Waals surface area (Å²) < 4.78 is 0. The van der Waals surface area contributed by atoms with Crippen LogP contribution in [0.15, 0.2) is 68.7 Å². The topological polar surface area (TPSA) is 62.0 Å². The highest BCUT2D eigenvalue weighted by molar-refractivity contribution is 7.09. The molecule has 0 unspecified atom stereocenters. The summed E-state index contributed by atoms with van der Waals surface area (Å²) in [6.45, 7) is 0.514. The molecule has 0 aliphatic carbocycles. The fourth-order valence-electron chi connectivity index (χ4n) is 3.06. The molecule has 1 N–H and O–H groups in total. The van der Waals surface area contributed by atoms with Crippen molar-refractivity contribution >= 4 is 61.8 Å². The SMILES string of the molecule is Clc1cccc(Nc2nc3cc(C4=NN=NC4)ccc3c3cscc23)c1. The molecule has 2 aromatic heterocycles. The minimum absolute atomic E-state index is 0.514. The van der Waals surface area contributed by atoms with E-state index in [1.165, 1.54) is 5.39 Å². The number of nitrogens with zero attached hydrogens (tertiary/aromatic N) is 4. The first-order valence-corrected chi connectivity index (χ1v) is 9.36. The Bertz CT molecular complexity index is 1210. The lowest BCUT2D eigenvalue weighted by Gasteiger charge is -2.10. The molecule has 5 rings (SSSR count). The van der Waals surface area contributed by atoms with Gasteiger partial charge in [0.05, 0.1) is 11.2 Å². The average molecular weight is 378 g/mol. The predicted octanol–water partition coefficient (Wildman–Crippen LogP) is 6.02. The first kappa shape index (κ1) is 15.4. The monoisotopic (exact) mass is 377 g/mol. The smallest absolute Gasteiger partial charge is 0.139 e. The van der Waals surface area contributed by atoms with Crippen molar-refractivity contribution in [1.29, 1.82) is 0 Å². The van der Waals surface area contributed by atoms with Crippen molar-refractivity contribution in [3.8, 4) is 0 Å². The van der Waals surface area contributed by atoms with Gasteiger partial charge in [0, 0.05) is 37.8 Å². The van der Waals surface area contributed by atoms with Crippen molar-refractivity contribution in [2.75, 3.05) is 11.9 Å². The van der Waals surface area contributed by atoms with Crippen LogP contribution in [0.25, 0.3) is 21.7 Å². The number of aromatic nitrogens is 1. The van der Waals surface area contributed by atoms with Crippen molar-refractivity contribution < 1.29 is 0 Å². The maximum Gasteiger partial charge on any atom is 0.139 e. The van der Waals surface area contributed by atoms with Gasteiger partial charge in [-0.2, -0.15) is 16.5 Å². The normalized spacial score (nSPS) is 13.5. The summed E-state index contributed by atoms with van der Waals surface area (Å²) in [4.78, 5) is 4.87. The highest BCUT2D eigenvalue weighted by Crippen LogP contribution is 2.34. The van der Waals surface area contributed by atoms with Crippen LogP contribution in [-0.2, 0) is 0 Å². The summed E-state index contributed by atoms with van der Waals surface area (Å²) in [6, 6.07) is 13.8. The van der Waals surface area contributed by atoms with Gasteiger partial charge in [0.1, 0.15) is 12.4 Å². The zero-order valence-corrected chi connectivity index (χ0v) is 15.1. The highest BCUT2D eigenvalue weighted by atomic mass is 35.5. The largest absolute Gasteiger partial charge is 0.340 e. The van der Waals surface area contributed by atoms with E-state index in [4.69, 9.17) is 16.6 Å². The molecule has 4 aromatic rings. The molecule has 7 heteroatoms. The van der Waals surface area contributed by atoms with Crippen molar-refractivity contribution in [2.45, 2.75) is 0 Å². The van der Waals surface area contributed by atoms with Gasteiger partial charge < -0.3 is 5.32 Å². The lowest BCUT2D eigenvalue weighted by atomic mass is 10.0. The number of hydrogen-bond donors (Lipinski definition) is 1. The van der Waals surface area contributed by atoms with Crippen molar-refractivity contribution in [1.82, 2.24) is 4.98 Å². The number of thiophene rings is 1. The van der Waals surface area contributed by atoms with E-state index >= 15 is 0 Å². The number of anilines is 2. The summed E-state index contributed by atoms with van der Waals surface area (Å²) >= 11 is 7.77. The predicted molar refractivity (Wildman–Crippen MR) is 108 cm³/mol. The Morgan fingerprint density at radius 3 is 2.77 bits per heavy atom. The molecule has 0 spiro atoms.